The summed E-state index contributed by atoms with van der Waals surface area (Å²) in [4.78, 5) is 47.7. The van der Waals surface area contributed by atoms with E-state index in [1.807, 2.05) is 13.8 Å². The van der Waals surface area contributed by atoms with Gasteiger partial charge < -0.3 is 24.3 Å². The van der Waals surface area contributed by atoms with Gasteiger partial charge in [-0.25, -0.2) is 0 Å². The van der Waals surface area contributed by atoms with Crippen LogP contribution in [0.3, 0.4) is 0 Å². The number of carbonyl (C=O) groups excluding carboxylic acids is 4. The van der Waals surface area contributed by atoms with E-state index < -0.39 is 17.9 Å². The molecule has 30 heavy (non-hydrogen) atoms. The number of Topliss-reactive ketones (excluding diaryl/α,β-unsaturated/α-hetero) is 1. The molecule has 10 nitrogen and oxygen atoms in total. The molecule has 1 aliphatic rings. The van der Waals surface area contributed by atoms with Crippen LogP contribution in [0.25, 0.3) is 0 Å². The summed E-state index contributed by atoms with van der Waals surface area (Å²) in [6.45, 7) is 8.03. The van der Waals surface area contributed by atoms with E-state index in [-0.39, 0.29) is 31.3 Å². The van der Waals surface area contributed by atoms with Crippen LogP contribution in [-0.2, 0) is 38.1 Å². The SMILES string of the molecule is CC.COCCOCCOCCOCCC(=O)NCC(C(C)=O)N1C(=O)C=CC1=O. The average Bonchev–Trinajstić information content (AvgIpc) is 3.06. The monoisotopic (exact) mass is 430 g/mol. The van der Waals surface area contributed by atoms with Gasteiger partial charge >= 0.3 is 0 Å². The van der Waals surface area contributed by atoms with Crippen molar-refractivity contribution in [2.24, 2.45) is 0 Å². The highest BCUT2D eigenvalue weighted by molar-refractivity contribution is 6.15. The first kappa shape index (κ1) is 27.9. The van der Waals surface area contributed by atoms with Gasteiger partial charge in [0.25, 0.3) is 11.8 Å². The fourth-order valence-corrected chi connectivity index (χ4v) is 2.28. The topological polar surface area (TPSA) is 120 Å². The second-order valence-electron chi connectivity index (χ2n) is 5.89. The summed E-state index contributed by atoms with van der Waals surface area (Å²) in [7, 11) is 1.60. The summed E-state index contributed by atoms with van der Waals surface area (Å²) in [5.74, 6) is -1.85. The van der Waals surface area contributed by atoms with Crippen molar-refractivity contribution < 1.29 is 38.1 Å². The fraction of sp³-hybridized carbons (Fsp3) is 0.700. The summed E-state index contributed by atoms with van der Waals surface area (Å²) in [6.07, 6.45) is 2.29. The quantitative estimate of drug-likeness (QED) is 0.270. The molecule has 10 heteroatoms. The van der Waals surface area contributed by atoms with Gasteiger partial charge in [-0.2, -0.15) is 0 Å². The minimum absolute atomic E-state index is 0.0882. The van der Waals surface area contributed by atoms with Gasteiger partial charge in [-0.05, 0) is 6.92 Å². The van der Waals surface area contributed by atoms with Gasteiger partial charge in [-0.3, -0.25) is 24.1 Å². The van der Waals surface area contributed by atoms with Gasteiger partial charge in [0.2, 0.25) is 5.91 Å². The minimum Gasteiger partial charge on any atom is -0.382 e. The largest absolute Gasteiger partial charge is 0.382 e. The number of carbonyl (C=O) groups is 4. The van der Waals surface area contributed by atoms with Gasteiger partial charge in [-0.1, -0.05) is 13.8 Å². The molecular formula is C20H34N2O8. The molecule has 1 atom stereocenters. The lowest BCUT2D eigenvalue weighted by molar-refractivity contribution is -0.144. The Morgan fingerprint density at radius 2 is 1.37 bits per heavy atom. The molecule has 1 N–H and O–H groups in total. The molecule has 0 saturated heterocycles. The third-order valence-electron chi connectivity index (χ3n) is 3.77. The van der Waals surface area contributed by atoms with Crippen molar-refractivity contribution in [1.29, 1.82) is 0 Å². The molecule has 0 aromatic heterocycles. The predicted octanol–water partition coefficient (Wildman–Crippen LogP) is 0.0977. The van der Waals surface area contributed by atoms with E-state index in [9.17, 15) is 19.2 Å². The normalized spacial score (nSPS) is 13.8. The first-order chi connectivity index (χ1) is 14.5. The Balaban J connectivity index is 0.00000407. The maximum absolute atomic E-state index is 11.8. The molecule has 0 fully saturated rings. The van der Waals surface area contributed by atoms with E-state index in [1.54, 1.807) is 7.11 Å². The number of methoxy groups -OCH3 is 1. The summed E-state index contributed by atoms with van der Waals surface area (Å²) >= 11 is 0. The number of hydrogen-bond acceptors (Lipinski definition) is 8. The van der Waals surface area contributed by atoms with Crippen LogP contribution in [0.1, 0.15) is 27.2 Å². The molecule has 0 aliphatic carbocycles. The molecule has 172 valence electrons. The number of ketones is 1. The second-order valence-corrected chi connectivity index (χ2v) is 5.89. The highest BCUT2D eigenvalue weighted by Crippen LogP contribution is 2.09. The minimum atomic E-state index is -1.01. The molecule has 0 radical (unpaired) electrons. The van der Waals surface area contributed by atoms with Crippen LogP contribution in [-0.4, -0.2) is 94.3 Å². The Morgan fingerprint density at radius 3 is 1.83 bits per heavy atom. The van der Waals surface area contributed by atoms with Crippen molar-refractivity contribution in [1.82, 2.24) is 10.2 Å². The molecule has 1 unspecified atom stereocenters. The van der Waals surface area contributed by atoms with Crippen molar-refractivity contribution in [3.63, 3.8) is 0 Å². The van der Waals surface area contributed by atoms with Crippen LogP contribution < -0.4 is 5.32 Å². The average molecular weight is 430 g/mol. The van der Waals surface area contributed by atoms with Crippen molar-refractivity contribution in [3.05, 3.63) is 12.2 Å². The summed E-state index contributed by atoms with van der Waals surface area (Å²) in [5.41, 5.74) is 0. The number of amides is 3. The highest BCUT2D eigenvalue weighted by Gasteiger charge is 2.34. The summed E-state index contributed by atoms with van der Waals surface area (Å²) in [6, 6.07) is -1.01. The van der Waals surface area contributed by atoms with E-state index in [2.05, 4.69) is 5.32 Å². The zero-order chi connectivity index (χ0) is 22.8. The summed E-state index contributed by atoms with van der Waals surface area (Å²) in [5, 5.41) is 2.55. The lowest BCUT2D eigenvalue weighted by atomic mass is 10.1. The maximum atomic E-state index is 11.8. The number of nitrogens with zero attached hydrogens (tertiary/aromatic N) is 1. The van der Waals surface area contributed by atoms with Crippen LogP contribution in [0.5, 0.6) is 0 Å². The second kappa shape index (κ2) is 17.7. The molecule has 0 saturated carbocycles. The molecule has 0 aromatic carbocycles. The van der Waals surface area contributed by atoms with E-state index in [0.29, 0.717) is 39.6 Å². The standard InChI is InChI=1S/C18H28N2O8.C2H6/c1-14(21)15(20-17(23)3-4-18(20)24)13-19-16(22)5-6-26-9-10-28-12-11-27-8-7-25-2;1-2/h3-4,15H,5-13H2,1-2H3,(H,19,22);1-2H3. The predicted molar refractivity (Wildman–Crippen MR) is 109 cm³/mol. The zero-order valence-electron chi connectivity index (χ0n) is 18.3. The highest BCUT2D eigenvalue weighted by atomic mass is 16.6. The third-order valence-corrected chi connectivity index (χ3v) is 3.77. The summed E-state index contributed by atoms with van der Waals surface area (Å²) < 4.78 is 20.7. The van der Waals surface area contributed by atoms with Crippen LogP contribution in [0, 0.1) is 0 Å². The van der Waals surface area contributed by atoms with Crippen LogP contribution in [0.2, 0.25) is 0 Å². The van der Waals surface area contributed by atoms with E-state index in [1.165, 1.54) is 6.92 Å². The Labute approximate surface area is 177 Å². The smallest absolute Gasteiger partial charge is 0.254 e. The molecule has 3 amide bonds. The Morgan fingerprint density at radius 1 is 0.900 bits per heavy atom. The molecular weight excluding hydrogens is 396 g/mol. The van der Waals surface area contributed by atoms with Crippen molar-refractivity contribution >= 4 is 23.5 Å². The maximum Gasteiger partial charge on any atom is 0.254 e. The van der Waals surface area contributed by atoms with Crippen molar-refractivity contribution in [3.8, 4) is 0 Å². The van der Waals surface area contributed by atoms with Crippen LogP contribution in [0.4, 0.5) is 0 Å². The Bertz CT molecular complexity index is 547. The van der Waals surface area contributed by atoms with E-state index >= 15 is 0 Å². The van der Waals surface area contributed by atoms with Gasteiger partial charge in [0.05, 0.1) is 46.2 Å². The van der Waals surface area contributed by atoms with Gasteiger partial charge in [0.1, 0.15) is 6.04 Å². The number of imide groups is 1. The van der Waals surface area contributed by atoms with Gasteiger partial charge in [0.15, 0.2) is 5.78 Å². The lowest BCUT2D eigenvalue weighted by Crippen LogP contribution is -2.50. The molecule has 1 heterocycles. The first-order valence-electron chi connectivity index (χ1n) is 10.0. The molecule has 0 spiro atoms. The lowest BCUT2D eigenvalue weighted by Gasteiger charge is -2.24. The fourth-order valence-electron chi connectivity index (χ4n) is 2.28. The molecule has 1 aliphatic heterocycles. The first-order valence-corrected chi connectivity index (χ1v) is 10.0. The Hall–Kier alpha value is -2.14. The van der Waals surface area contributed by atoms with Crippen LogP contribution in [0.15, 0.2) is 12.2 Å². The van der Waals surface area contributed by atoms with Crippen molar-refractivity contribution in [2.75, 3.05) is 59.9 Å². The number of rotatable bonds is 16. The Kier molecular flexibility index (Phi) is 16.4. The molecule has 1 rings (SSSR count). The van der Waals surface area contributed by atoms with Gasteiger partial charge in [-0.15, -0.1) is 0 Å². The number of nitrogens with one attached hydrogen (secondary N) is 1. The third kappa shape index (κ3) is 11.8. The number of hydrogen-bond donors (Lipinski definition) is 1. The van der Waals surface area contributed by atoms with E-state index in [0.717, 1.165) is 17.1 Å². The number of ether oxygens (including phenoxy) is 4. The molecule has 0 aromatic rings. The van der Waals surface area contributed by atoms with Crippen molar-refractivity contribution in [2.45, 2.75) is 33.2 Å². The van der Waals surface area contributed by atoms with E-state index in [4.69, 9.17) is 18.9 Å². The zero-order valence-corrected chi connectivity index (χ0v) is 18.3. The molecule has 0 bridgehead atoms. The van der Waals surface area contributed by atoms with Gasteiger partial charge in [0, 0.05) is 32.2 Å². The van der Waals surface area contributed by atoms with Crippen LogP contribution >= 0.6 is 0 Å².